The summed E-state index contributed by atoms with van der Waals surface area (Å²) in [4.78, 5) is 0. The van der Waals surface area contributed by atoms with Crippen molar-refractivity contribution in [3.63, 3.8) is 0 Å². The van der Waals surface area contributed by atoms with E-state index in [1.54, 1.807) is 39.4 Å². The molecule has 0 atom stereocenters. The number of aromatic nitrogens is 2. The third-order valence-corrected chi connectivity index (χ3v) is 4.19. The van der Waals surface area contributed by atoms with Crippen LogP contribution in [-0.2, 0) is 0 Å². The molecule has 0 radical (unpaired) electrons. The van der Waals surface area contributed by atoms with E-state index in [9.17, 15) is 0 Å². The van der Waals surface area contributed by atoms with Gasteiger partial charge in [-0.1, -0.05) is 6.58 Å². The first-order chi connectivity index (χ1) is 11.9. The molecule has 0 bridgehead atoms. The van der Waals surface area contributed by atoms with Crippen LogP contribution in [0.2, 0.25) is 0 Å². The van der Waals surface area contributed by atoms with Gasteiger partial charge >= 0.3 is 0 Å². The van der Waals surface area contributed by atoms with Crippen LogP contribution in [0.25, 0.3) is 22.0 Å². The van der Waals surface area contributed by atoms with Crippen molar-refractivity contribution in [1.82, 2.24) is 20.8 Å². The second-order valence-electron chi connectivity index (χ2n) is 5.97. The van der Waals surface area contributed by atoms with E-state index in [-0.39, 0.29) is 11.7 Å². The summed E-state index contributed by atoms with van der Waals surface area (Å²) in [5, 5.41) is 21.4. The minimum atomic E-state index is -0.291. The first-order valence-corrected chi connectivity index (χ1v) is 7.88. The SMILES string of the molecule is C=C(C)c1c(F)c(C)c(C2=C/C(=C/C(=N)NC)NC=C2)c2cn[nH]c12. The van der Waals surface area contributed by atoms with Gasteiger partial charge in [-0.2, -0.15) is 5.10 Å². The third-order valence-electron chi connectivity index (χ3n) is 4.19. The molecule has 2 aromatic rings. The number of benzene rings is 1. The van der Waals surface area contributed by atoms with Crippen molar-refractivity contribution in [2.45, 2.75) is 13.8 Å². The lowest BCUT2D eigenvalue weighted by molar-refractivity contribution is 0.616. The zero-order valence-corrected chi connectivity index (χ0v) is 14.4. The van der Waals surface area contributed by atoms with E-state index in [1.807, 2.05) is 12.2 Å². The Hall–Kier alpha value is -3.15. The summed E-state index contributed by atoms with van der Waals surface area (Å²) in [7, 11) is 1.69. The normalized spacial score (nSPS) is 15.2. The molecule has 4 N–H and O–H groups in total. The second-order valence-corrected chi connectivity index (χ2v) is 5.97. The van der Waals surface area contributed by atoms with Crippen LogP contribution in [-0.4, -0.2) is 23.1 Å². The van der Waals surface area contributed by atoms with Gasteiger partial charge in [-0.05, 0) is 48.3 Å². The van der Waals surface area contributed by atoms with Gasteiger partial charge in [0.25, 0.3) is 0 Å². The summed E-state index contributed by atoms with van der Waals surface area (Å²) in [5.74, 6) is -0.0111. The first kappa shape index (κ1) is 16.7. The number of rotatable bonds is 3. The summed E-state index contributed by atoms with van der Waals surface area (Å²) >= 11 is 0. The van der Waals surface area contributed by atoms with Crippen molar-refractivity contribution in [2.75, 3.05) is 7.05 Å². The van der Waals surface area contributed by atoms with E-state index in [4.69, 9.17) is 5.41 Å². The highest BCUT2D eigenvalue weighted by Gasteiger charge is 2.21. The Morgan fingerprint density at radius 3 is 2.88 bits per heavy atom. The van der Waals surface area contributed by atoms with Crippen LogP contribution in [0.3, 0.4) is 0 Å². The lowest BCUT2D eigenvalue weighted by Crippen LogP contribution is -2.17. The Kier molecular flexibility index (Phi) is 4.27. The van der Waals surface area contributed by atoms with Gasteiger partial charge in [-0.3, -0.25) is 10.5 Å². The van der Waals surface area contributed by atoms with Crippen LogP contribution in [0.4, 0.5) is 4.39 Å². The van der Waals surface area contributed by atoms with Crippen LogP contribution < -0.4 is 10.6 Å². The second kappa shape index (κ2) is 6.39. The molecule has 5 nitrogen and oxygen atoms in total. The van der Waals surface area contributed by atoms with E-state index in [1.165, 1.54) is 0 Å². The fourth-order valence-electron chi connectivity index (χ4n) is 3.00. The number of halogens is 1. The molecule has 0 aliphatic carbocycles. The van der Waals surface area contributed by atoms with Gasteiger partial charge in [-0.15, -0.1) is 0 Å². The van der Waals surface area contributed by atoms with Crippen molar-refractivity contribution in [1.29, 1.82) is 5.41 Å². The number of dihydropyridines is 1. The van der Waals surface area contributed by atoms with Crippen LogP contribution in [0.5, 0.6) is 0 Å². The lowest BCUT2D eigenvalue weighted by Gasteiger charge is -2.17. The Morgan fingerprint density at radius 2 is 2.20 bits per heavy atom. The number of likely N-dealkylation sites (N-methyl/N-ethyl adjacent to an activating group) is 1. The number of nitrogens with one attached hydrogen (secondary N) is 4. The molecule has 0 saturated heterocycles. The molecular weight excluding hydrogens is 317 g/mol. The maximum atomic E-state index is 15.0. The van der Waals surface area contributed by atoms with E-state index >= 15 is 4.39 Å². The predicted molar refractivity (Wildman–Crippen MR) is 101 cm³/mol. The Bertz CT molecular complexity index is 975. The summed E-state index contributed by atoms with van der Waals surface area (Å²) in [6.07, 6.45) is 8.93. The minimum Gasteiger partial charge on any atom is -0.374 e. The minimum absolute atomic E-state index is 0.280. The summed E-state index contributed by atoms with van der Waals surface area (Å²) in [6.45, 7) is 7.43. The van der Waals surface area contributed by atoms with Crippen LogP contribution in [0, 0.1) is 18.2 Å². The Labute approximate surface area is 145 Å². The molecule has 2 heterocycles. The monoisotopic (exact) mass is 337 g/mol. The molecule has 0 spiro atoms. The first-order valence-electron chi connectivity index (χ1n) is 7.88. The smallest absolute Gasteiger partial charge is 0.136 e. The van der Waals surface area contributed by atoms with E-state index in [2.05, 4.69) is 27.4 Å². The van der Waals surface area contributed by atoms with Crippen molar-refractivity contribution in [3.05, 3.63) is 65.4 Å². The molecule has 1 aliphatic rings. The van der Waals surface area contributed by atoms with Gasteiger partial charge in [0.1, 0.15) is 11.7 Å². The maximum absolute atomic E-state index is 15.0. The fraction of sp³-hybridized carbons (Fsp3) is 0.158. The molecule has 6 heteroatoms. The zero-order valence-electron chi connectivity index (χ0n) is 14.4. The summed E-state index contributed by atoms with van der Waals surface area (Å²) in [5.41, 5.74) is 4.70. The van der Waals surface area contributed by atoms with E-state index < -0.39 is 0 Å². The molecule has 0 saturated carbocycles. The van der Waals surface area contributed by atoms with Crippen molar-refractivity contribution in [2.24, 2.45) is 0 Å². The quantitative estimate of drug-likeness (QED) is 0.510. The fourth-order valence-corrected chi connectivity index (χ4v) is 3.00. The number of hydrogen-bond donors (Lipinski definition) is 4. The van der Waals surface area contributed by atoms with Crippen LogP contribution in [0.15, 0.2) is 42.9 Å². The van der Waals surface area contributed by atoms with Gasteiger partial charge in [0.15, 0.2) is 0 Å². The standard InChI is InChI=1S/C19H20FN5/c1-10(2)16-18(20)11(3)17(14-9-24-25-19(14)16)12-5-6-23-13(7-12)8-15(21)22-4/h5-9,23H,1H2,2-4H3,(H2,21,22)(H,24,25)/b13-8-. The molecule has 1 aromatic heterocycles. The van der Waals surface area contributed by atoms with Gasteiger partial charge in [0.05, 0.1) is 11.7 Å². The lowest BCUT2D eigenvalue weighted by atomic mass is 9.90. The molecule has 1 aromatic carbocycles. The number of aromatic amines is 1. The third kappa shape index (κ3) is 2.87. The molecule has 0 amide bonds. The van der Waals surface area contributed by atoms with Gasteiger partial charge in [-0.25, -0.2) is 4.39 Å². The highest BCUT2D eigenvalue weighted by Crippen LogP contribution is 2.36. The molecule has 0 fully saturated rings. The van der Waals surface area contributed by atoms with Crippen LogP contribution in [0.1, 0.15) is 23.6 Å². The van der Waals surface area contributed by atoms with E-state index in [0.717, 1.165) is 22.2 Å². The number of allylic oxidation sites excluding steroid dienone is 4. The maximum Gasteiger partial charge on any atom is 0.136 e. The van der Waals surface area contributed by atoms with E-state index in [0.29, 0.717) is 22.2 Å². The summed E-state index contributed by atoms with van der Waals surface area (Å²) in [6, 6.07) is 0. The number of hydrogen-bond acceptors (Lipinski definition) is 3. The topological polar surface area (TPSA) is 76.6 Å². The number of fused-ring (bicyclic) bond motifs is 1. The van der Waals surface area contributed by atoms with Gasteiger partial charge in [0, 0.05) is 36.0 Å². The zero-order chi connectivity index (χ0) is 18.1. The molecular formula is C19H20FN5. The van der Waals surface area contributed by atoms with Crippen molar-refractivity contribution >= 4 is 27.9 Å². The van der Waals surface area contributed by atoms with Gasteiger partial charge in [0.2, 0.25) is 0 Å². The summed E-state index contributed by atoms with van der Waals surface area (Å²) < 4.78 is 15.0. The number of nitrogens with zero attached hydrogens (tertiary/aromatic N) is 1. The Balaban J connectivity index is 2.25. The molecule has 25 heavy (non-hydrogen) atoms. The molecule has 1 aliphatic heterocycles. The average molecular weight is 337 g/mol. The highest BCUT2D eigenvalue weighted by atomic mass is 19.1. The number of H-pyrrole nitrogens is 1. The van der Waals surface area contributed by atoms with Crippen molar-refractivity contribution in [3.8, 4) is 0 Å². The van der Waals surface area contributed by atoms with Gasteiger partial charge < -0.3 is 10.6 Å². The molecule has 3 rings (SSSR count). The predicted octanol–water partition coefficient (Wildman–Crippen LogP) is 3.62. The highest BCUT2D eigenvalue weighted by molar-refractivity contribution is 6.01. The van der Waals surface area contributed by atoms with Crippen LogP contribution >= 0.6 is 0 Å². The Morgan fingerprint density at radius 1 is 1.44 bits per heavy atom. The van der Waals surface area contributed by atoms with Crippen molar-refractivity contribution < 1.29 is 4.39 Å². The number of amidine groups is 1. The molecule has 128 valence electrons. The largest absolute Gasteiger partial charge is 0.374 e. The average Bonchev–Trinajstić information content (AvgIpc) is 3.04. The molecule has 0 unspecified atom stereocenters.